The molecule has 0 aliphatic carbocycles. The van der Waals surface area contributed by atoms with Crippen LogP contribution < -0.4 is 0 Å². The predicted molar refractivity (Wildman–Crippen MR) is 50.6 cm³/mol. The minimum Gasteiger partial charge on any atom is -0.206 e. The monoisotopic (exact) mass is 216 g/mol. The highest BCUT2D eigenvalue weighted by Gasteiger charge is 2.30. The maximum atomic E-state index is 13.1. The van der Waals surface area contributed by atoms with E-state index in [0.29, 0.717) is 6.07 Å². The first-order valence-corrected chi connectivity index (χ1v) is 4.11. The van der Waals surface area contributed by atoms with E-state index in [1.807, 2.05) is 0 Å². The molecule has 0 aromatic heterocycles. The Morgan fingerprint density at radius 3 is 2.33 bits per heavy atom. The first-order valence-electron chi connectivity index (χ1n) is 4.11. The summed E-state index contributed by atoms with van der Waals surface area (Å²) in [4.78, 5) is 0. The highest BCUT2D eigenvalue weighted by molar-refractivity contribution is 5.52. The molecule has 0 nitrogen and oxygen atoms in total. The molecule has 15 heavy (non-hydrogen) atoms. The summed E-state index contributed by atoms with van der Waals surface area (Å²) in [5, 5.41) is 0. The molecule has 1 aromatic carbocycles. The third-order valence-electron chi connectivity index (χ3n) is 1.74. The zero-order valence-corrected chi connectivity index (χ0v) is 7.68. The number of alkyl halides is 3. The number of hydrogen-bond donors (Lipinski definition) is 0. The molecule has 1 rings (SSSR count). The lowest BCUT2D eigenvalue weighted by molar-refractivity contribution is -0.137. The number of benzene rings is 1. The van der Waals surface area contributed by atoms with Crippen LogP contribution in [0.5, 0.6) is 0 Å². The Balaban J connectivity index is 3.09. The molecule has 0 bridgehead atoms. The van der Waals surface area contributed by atoms with Crippen molar-refractivity contribution in [2.24, 2.45) is 0 Å². The van der Waals surface area contributed by atoms with E-state index in [9.17, 15) is 17.6 Å². The quantitative estimate of drug-likeness (QED) is 0.517. The molecule has 1 aromatic rings. The van der Waals surface area contributed by atoms with Crippen molar-refractivity contribution in [3.05, 3.63) is 53.9 Å². The Morgan fingerprint density at radius 2 is 1.87 bits per heavy atom. The van der Waals surface area contributed by atoms with Gasteiger partial charge >= 0.3 is 6.18 Å². The van der Waals surface area contributed by atoms with Gasteiger partial charge in [-0.3, -0.25) is 0 Å². The maximum absolute atomic E-state index is 13.1. The van der Waals surface area contributed by atoms with Crippen LogP contribution in [0.25, 0.3) is 6.08 Å². The van der Waals surface area contributed by atoms with Gasteiger partial charge in [0, 0.05) is 5.56 Å². The maximum Gasteiger partial charge on any atom is 0.416 e. The molecule has 0 N–H and O–H groups in total. The number of allylic oxidation sites excluding steroid dienone is 2. The van der Waals surface area contributed by atoms with E-state index < -0.39 is 17.6 Å². The summed E-state index contributed by atoms with van der Waals surface area (Å²) in [6.45, 7) is 3.37. The van der Waals surface area contributed by atoms with Gasteiger partial charge in [-0.2, -0.15) is 13.2 Å². The van der Waals surface area contributed by atoms with E-state index in [-0.39, 0.29) is 5.56 Å². The van der Waals surface area contributed by atoms with Crippen LogP contribution in [0.15, 0.2) is 36.9 Å². The van der Waals surface area contributed by atoms with Crippen molar-refractivity contribution >= 4 is 6.08 Å². The zero-order valence-electron chi connectivity index (χ0n) is 7.68. The van der Waals surface area contributed by atoms with Gasteiger partial charge in [-0.05, 0) is 12.1 Å². The summed E-state index contributed by atoms with van der Waals surface area (Å²) in [5.41, 5.74) is -0.890. The van der Waals surface area contributed by atoms with Crippen molar-refractivity contribution in [3.8, 4) is 0 Å². The van der Waals surface area contributed by atoms with E-state index in [4.69, 9.17) is 0 Å². The second kappa shape index (κ2) is 4.29. The van der Waals surface area contributed by atoms with Crippen LogP contribution in [0.1, 0.15) is 11.1 Å². The minimum absolute atomic E-state index is 0.0999. The Labute approximate surface area is 84.5 Å². The molecule has 0 saturated carbocycles. The minimum atomic E-state index is -4.51. The number of halogens is 4. The largest absolute Gasteiger partial charge is 0.416 e. The van der Waals surface area contributed by atoms with Crippen molar-refractivity contribution in [3.63, 3.8) is 0 Å². The Bertz CT molecular complexity index is 388. The zero-order chi connectivity index (χ0) is 11.5. The van der Waals surface area contributed by atoms with Crippen molar-refractivity contribution < 1.29 is 17.6 Å². The average molecular weight is 216 g/mol. The third-order valence-corrected chi connectivity index (χ3v) is 1.74. The van der Waals surface area contributed by atoms with E-state index in [1.165, 1.54) is 18.2 Å². The molecule has 4 heteroatoms. The van der Waals surface area contributed by atoms with E-state index >= 15 is 0 Å². The summed E-state index contributed by atoms with van der Waals surface area (Å²) in [5.74, 6) is -0.900. The Morgan fingerprint density at radius 1 is 1.20 bits per heavy atom. The molecule has 0 aliphatic heterocycles. The second-order valence-electron chi connectivity index (χ2n) is 2.83. The van der Waals surface area contributed by atoms with Crippen LogP contribution >= 0.6 is 0 Å². The third kappa shape index (κ3) is 2.94. The fourth-order valence-electron chi connectivity index (χ4n) is 1.01. The van der Waals surface area contributed by atoms with Crippen molar-refractivity contribution in [1.82, 2.24) is 0 Å². The highest BCUT2D eigenvalue weighted by atomic mass is 19.4. The van der Waals surface area contributed by atoms with Gasteiger partial charge in [0.15, 0.2) is 0 Å². The molecule has 0 atom stereocenters. The molecule has 0 radical (unpaired) electrons. The van der Waals surface area contributed by atoms with Crippen LogP contribution in [0.2, 0.25) is 0 Å². The summed E-state index contributed by atoms with van der Waals surface area (Å²) >= 11 is 0. The topological polar surface area (TPSA) is 0 Å². The molecule has 0 aliphatic rings. The normalized spacial score (nSPS) is 12.0. The Hall–Kier alpha value is -1.58. The summed E-state index contributed by atoms with van der Waals surface area (Å²) in [6, 6.07) is 2.40. The first kappa shape index (κ1) is 11.5. The van der Waals surface area contributed by atoms with Gasteiger partial charge < -0.3 is 0 Å². The highest BCUT2D eigenvalue weighted by Crippen LogP contribution is 2.30. The predicted octanol–water partition coefficient (Wildman–Crippen LogP) is 4.04. The molecule has 0 saturated heterocycles. The molecule has 0 heterocycles. The lowest BCUT2D eigenvalue weighted by Gasteiger charge is -2.07. The second-order valence-corrected chi connectivity index (χ2v) is 2.83. The molecular formula is C11H8F4. The van der Waals surface area contributed by atoms with Gasteiger partial charge in [0.05, 0.1) is 5.56 Å². The van der Waals surface area contributed by atoms with Crippen LogP contribution in [-0.2, 0) is 6.18 Å². The molecular weight excluding hydrogens is 208 g/mol. The molecule has 0 fully saturated rings. The van der Waals surface area contributed by atoms with Crippen molar-refractivity contribution in [1.29, 1.82) is 0 Å². The smallest absolute Gasteiger partial charge is 0.206 e. The van der Waals surface area contributed by atoms with Crippen LogP contribution in [0, 0.1) is 5.82 Å². The lowest BCUT2D eigenvalue weighted by atomic mass is 10.1. The SMILES string of the molecule is C=C/C=C/c1ccc(C(F)(F)F)cc1F. The average Bonchev–Trinajstić information content (AvgIpc) is 2.14. The van der Waals surface area contributed by atoms with Gasteiger partial charge in [0.25, 0.3) is 0 Å². The van der Waals surface area contributed by atoms with Crippen LogP contribution in [0.4, 0.5) is 17.6 Å². The summed E-state index contributed by atoms with van der Waals surface area (Å²) < 4.78 is 49.6. The molecule has 0 amide bonds. The fourth-order valence-corrected chi connectivity index (χ4v) is 1.01. The van der Waals surface area contributed by atoms with Crippen LogP contribution in [0.3, 0.4) is 0 Å². The summed E-state index contributed by atoms with van der Waals surface area (Å²) in [6.07, 6.45) is -0.299. The van der Waals surface area contributed by atoms with E-state index in [2.05, 4.69) is 6.58 Å². The number of rotatable bonds is 2. The first-order chi connectivity index (χ1) is 6.95. The van der Waals surface area contributed by atoms with Gasteiger partial charge in [-0.25, -0.2) is 4.39 Å². The van der Waals surface area contributed by atoms with E-state index in [0.717, 1.165) is 12.1 Å². The molecule has 80 valence electrons. The van der Waals surface area contributed by atoms with Crippen molar-refractivity contribution in [2.45, 2.75) is 6.18 Å². The molecule has 0 unspecified atom stereocenters. The summed E-state index contributed by atoms with van der Waals surface area (Å²) in [7, 11) is 0. The van der Waals surface area contributed by atoms with Gasteiger partial charge in [-0.1, -0.05) is 30.9 Å². The lowest BCUT2D eigenvalue weighted by Crippen LogP contribution is -2.05. The standard InChI is InChI=1S/C11H8F4/c1-2-3-4-8-5-6-9(7-10(8)12)11(13,14)15/h2-7H,1H2/b4-3+. The number of hydrogen-bond acceptors (Lipinski definition) is 0. The van der Waals surface area contributed by atoms with Crippen molar-refractivity contribution in [2.75, 3.05) is 0 Å². The van der Waals surface area contributed by atoms with E-state index in [1.54, 1.807) is 0 Å². The fraction of sp³-hybridized carbons (Fsp3) is 0.0909. The van der Waals surface area contributed by atoms with Gasteiger partial charge in [0.2, 0.25) is 0 Å². The van der Waals surface area contributed by atoms with Gasteiger partial charge in [-0.15, -0.1) is 0 Å². The van der Waals surface area contributed by atoms with Crippen LogP contribution in [-0.4, -0.2) is 0 Å². The Kier molecular flexibility index (Phi) is 3.29. The molecule has 0 spiro atoms. The van der Waals surface area contributed by atoms with Gasteiger partial charge in [0.1, 0.15) is 5.82 Å².